The summed E-state index contributed by atoms with van der Waals surface area (Å²) in [5.74, 6) is -0.588. The van der Waals surface area contributed by atoms with Gasteiger partial charge in [0.1, 0.15) is 6.10 Å². The minimum Gasteiger partial charge on any atom is -0.458 e. The van der Waals surface area contributed by atoms with Crippen molar-refractivity contribution in [1.29, 1.82) is 0 Å². The number of rotatable bonds is 0. The zero-order chi connectivity index (χ0) is 15.5. The van der Waals surface area contributed by atoms with E-state index in [1.54, 1.807) is 6.08 Å². The maximum atomic E-state index is 12.4. The number of carbonyl (C=O) groups excluding carboxylic acids is 2. The summed E-state index contributed by atoms with van der Waals surface area (Å²) in [4.78, 5) is 24.5. The molecule has 0 aromatic rings. The van der Waals surface area contributed by atoms with Crippen molar-refractivity contribution in [1.82, 2.24) is 0 Å². The summed E-state index contributed by atoms with van der Waals surface area (Å²) in [6, 6.07) is 0. The Hall–Kier alpha value is -1.42. The van der Waals surface area contributed by atoms with Gasteiger partial charge >= 0.3 is 5.97 Å². The maximum absolute atomic E-state index is 12.4. The Morgan fingerprint density at radius 2 is 2.05 bits per heavy atom. The molecule has 0 bridgehead atoms. The van der Waals surface area contributed by atoms with E-state index in [0.29, 0.717) is 12.0 Å². The third-order valence-corrected chi connectivity index (χ3v) is 5.60. The highest BCUT2D eigenvalue weighted by molar-refractivity contribution is 5.99. The minimum atomic E-state index is -0.892. The molecule has 0 spiro atoms. The first-order chi connectivity index (χ1) is 9.78. The van der Waals surface area contributed by atoms with Crippen LogP contribution in [0.1, 0.15) is 34.1 Å². The molecule has 1 heterocycles. The van der Waals surface area contributed by atoms with Crippen LogP contribution in [0.25, 0.3) is 0 Å². The Morgan fingerprint density at radius 1 is 1.38 bits per heavy atom. The third-order valence-electron chi connectivity index (χ3n) is 5.60. The number of aliphatic hydroxyl groups excluding tert-OH is 1. The molecule has 6 atom stereocenters. The normalized spacial score (nSPS) is 45.2. The number of ketones is 1. The van der Waals surface area contributed by atoms with Crippen LogP contribution in [0, 0.1) is 23.2 Å². The van der Waals surface area contributed by atoms with E-state index < -0.39 is 17.4 Å². The molecule has 0 aromatic heterocycles. The van der Waals surface area contributed by atoms with Gasteiger partial charge in [-0.15, -0.1) is 0 Å². The van der Waals surface area contributed by atoms with Gasteiger partial charge < -0.3 is 9.84 Å². The highest BCUT2D eigenvalue weighted by Gasteiger charge is 2.60. The quantitative estimate of drug-likeness (QED) is 0.547. The molecule has 2 fully saturated rings. The van der Waals surface area contributed by atoms with Crippen molar-refractivity contribution in [2.75, 3.05) is 0 Å². The van der Waals surface area contributed by atoms with E-state index in [-0.39, 0.29) is 29.7 Å². The highest BCUT2D eigenvalue weighted by Crippen LogP contribution is 2.53. The topological polar surface area (TPSA) is 63.6 Å². The van der Waals surface area contributed by atoms with Crippen LogP contribution in [0.3, 0.4) is 0 Å². The van der Waals surface area contributed by atoms with Gasteiger partial charge in [0.2, 0.25) is 0 Å². The number of hydrogen-bond donors (Lipinski definition) is 1. The first kappa shape index (κ1) is 14.5. The predicted octanol–water partition coefficient (Wildman–Crippen LogP) is 2.03. The average molecular weight is 290 g/mol. The molecule has 0 aromatic carbocycles. The van der Waals surface area contributed by atoms with Gasteiger partial charge in [0.05, 0.1) is 17.4 Å². The van der Waals surface area contributed by atoms with Gasteiger partial charge in [0, 0.05) is 5.57 Å². The van der Waals surface area contributed by atoms with Crippen molar-refractivity contribution in [3.05, 3.63) is 23.3 Å². The molecule has 6 unspecified atom stereocenters. The van der Waals surface area contributed by atoms with Crippen LogP contribution in [0.4, 0.5) is 0 Å². The second-order valence-corrected chi connectivity index (χ2v) is 7.07. The molecule has 4 nitrogen and oxygen atoms in total. The fourth-order valence-corrected chi connectivity index (χ4v) is 4.43. The van der Waals surface area contributed by atoms with Crippen LogP contribution in [-0.2, 0) is 14.3 Å². The van der Waals surface area contributed by atoms with Crippen LogP contribution < -0.4 is 0 Å². The standard InChI is InChI=1S/C17H22O4/c1-8(2)13-14-11(21-16(13)20)7-9(3)10-5-6-12(18)17(10,4)15(14)19/h5-6,9-11,14-15,19H,7H2,1-4H3. The molecule has 3 aliphatic rings. The Balaban J connectivity index is 2.13. The number of esters is 1. The molecule has 2 aliphatic carbocycles. The second kappa shape index (κ2) is 4.54. The maximum Gasteiger partial charge on any atom is 0.334 e. The lowest BCUT2D eigenvalue weighted by Gasteiger charge is -2.37. The average Bonchev–Trinajstić information content (AvgIpc) is 2.85. The van der Waals surface area contributed by atoms with Gasteiger partial charge in [-0.3, -0.25) is 4.79 Å². The largest absolute Gasteiger partial charge is 0.458 e. The lowest BCUT2D eigenvalue weighted by atomic mass is 9.67. The zero-order valence-electron chi connectivity index (χ0n) is 12.9. The number of ether oxygens (including phenoxy) is 1. The van der Waals surface area contributed by atoms with Crippen LogP contribution >= 0.6 is 0 Å². The van der Waals surface area contributed by atoms with E-state index >= 15 is 0 Å². The van der Waals surface area contributed by atoms with Gasteiger partial charge in [-0.2, -0.15) is 0 Å². The molecule has 4 heteroatoms. The Morgan fingerprint density at radius 3 is 2.67 bits per heavy atom. The van der Waals surface area contributed by atoms with E-state index in [2.05, 4.69) is 6.92 Å². The molecular weight excluding hydrogens is 268 g/mol. The van der Waals surface area contributed by atoms with E-state index in [4.69, 9.17) is 4.74 Å². The summed E-state index contributed by atoms with van der Waals surface area (Å²) in [7, 11) is 0. The molecule has 0 amide bonds. The lowest BCUT2D eigenvalue weighted by Crippen LogP contribution is -2.47. The molecule has 1 saturated carbocycles. The predicted molar refractivity (Wildman–Crippen MR) is 77.3 cm³/mol. The number of carbonyl (C=O) groups is 2. The van der Waals surface area contributed by atoms with Crippen LogP contribution in [0.5, 0.6) is 0 Å². The number of hydrogen-bond acceptors (Lipinski definition) is 4. The highest BCUT2D eigenvalue weighted by atomic mass is 16.6. The van der Waals surface area contributed by atoms with Gasteiger partial charge in [0.15, 0.2) is 5.78 Å². The summed E-state index contributed by atoms with van der Waals surface area (Å²) >= 11 is 0. The molecule has 1 N–H and O–H groups in total. The lowest BCUT2D eigenvalue weighted by molar-refractivity contribution is -0.140. The van der Waals surface area contributed by atoms with E-state index in [1.165, 1.54) is 0 Å². The van der Waals surface area contributed by atoms with Crippen molar-refractivity contribution in [2.45, 2.75) is 46.3 Å². The fraction of sp³-hybridized carbons (Fsp3) is 0.647. The Kier molecular flexibility index (Phi) is 3.14. The molecule has 21 heavy (non-hydrogen) atoms. The minimum absolute atomic E-state index is 0.00251. The second-order valence-electron chi connectivity index (χ2n) is 7.07. The number of allylic oxidation sites excluding steroid dienone is 3. The van der Waals surface area contributed by atoms with Crippen molar-refractivity contribution >= 4 is 11.8 Å². The Bertz CT molecular complexity index is 569. The summed E-state index contributed by atoms with van der Waals surface area (Å²) in [6.07, 6.45) is 2.97. The van der Waals surface area contributed by atoms with Crippen molar-refractivity contribution in [3.8, 4) is 0 Å². The van der Waals surface area contributed by atoms with Gasteiger partial charge in [-0.25, -0.2) is 4.79 Å². The molecule has 114 valence electrons. The summed E-state index contributed by atoms with van der Waals surface area (Å²) < 4.78 is 5.51. The van der Waals surface area contributed by atoms with Crippen molar-refractivity contribution in [3.63, 3.8) is 0 Å². The van der Waals surface area contributed by atoms with Crippen LogP contribution in [0.15, 0.2) is 23.3 Å². The van der Waals surface area contributed by atoms with Gasteiger partial charge in [0.25, 0.3) is 0 Å². The number of aliphatic hydroxyl groups is 1. The SMILES string of the molecule is CC(C)=C1C(=O)OC2CC(C)C3C=CC(=O)C3(C)C(O)C12. The summed E-state index contributed by atoms with van der Waals surface area (Å²) in [5, 5.41) is 11.0. The summed E-state index contributed by atoms with van der Waals surface area (Å²) in [6.45, 7) is 7.60. The smallest absolute Gasteiger partial charge is 0.334 e. The first-order valence-electron chi connectivity index (χ1n) is 7.57. The molecule has 3 rings (SSSR count). The number of fused-ring (bicyclic) bond motifs is 2. The van der Waals surface area contributed by atoms with Crippen LogP contribution in [-0.4, -0.2) is 29.1 Å². The van der Waals surface area contributed by atoms with E-state index in [0.717, 1.165) is 5.57 Å². The fourth-order valence-electron chi connectivity index (χ4n) is 4.43. The summed E-state index contributed by atoms with van der Waals surface area (Å²) in [5.41, 5.74) is 0.564. The first-order valence-corrected chi connectivity index (χ1v) is 7.57. The van der Waals surface area contributed by atoms with Crippen molar-refractivity contribution < 1.29 is 19.4 Å². The van der Waals surface area contributed by atoms with E-state index in [1.807, 2.05) is 26.8 Å². The molecule has 0 radical (unpaired) electrons. The molecular formula is C17H22O4. The van der Waals surface area contributed by atoms with Gasteiger partial charge in [-0.05, 0) is 45.1 Å². The Labute approximate surface area is 124 Å². The molecule has 1 aliphatic heterocycles. The third kappa shape index (κ3) is 1.78. The molecule has 1 saturated heterocycles. The monoisotopic (exact) mass is 290 g/mol. The van der Waals surface area contributed by atoms with E-state index in [9.17, 15) is 14.7 Å². The van der Waals surface area contributed by atoms with Crippen molar-refractivity contribution in [2.24, 2.45) is 23.2 Å². The van der Waals surface area contributed by atoms with Crippen LogP contribution in [0.2, 0.25) is 0 Å². The van der Waals surface area contributed by atoms with Gasteiger partial charge in [-0.1, -0.05) is 18.6 Å². The zero-order valence-corrected chi connectivity index (χ0v) is 12.9.